The molecule has 2 aromatic rings. The number of hydrogen-bond acceptors (Lipinski definition) is 3. The number of carbonyl (C=O) groups is 1. The molecule has 0 saturated carbocycles. The largest absolute Gasteiger partial charge is 0.469 e. The Kier molecular flexibility index (Phi) is 2.28. The average molecular weight is 230 g/mol. The van der Waals surface area contributed by atoms with Gasteiger partial charge in [-0.3, -0.25) is 4.79 Å². The van der Waals surface area contributed by atoms with Gasteiger partial charge in [-0.05, 0) is 12.5 Å². The van der Waals surface area contributed by atoms with Gasteiger partial charge in [-0.25, -0.2) is 0 Å². The van der Waals surface area contributed by atoms with Gasteiger partial charge in [0.25, 0.3) is 0 Å². The van der Waals surface area contributed by atoms with Gasteiger partial charge < -0.3 is 15.0 Å². The molecule has 17 heavy (non-hydrogen) atoms. The zero-order chi connectivity index (χ0) is 11.8. The van der Waals surface area contributed by atoms with Crippen LogP contribution in [0.25, 0.3) is 10.9 Å². The number of hydrogen-bond donors (Lipinski definition) is 2. The fraction of sp³-hybridized carbons (Fsp3) is 0.308. The van der Waals surface area contributed by atoms with Crippen LogP contribution in [-0.2, 0) is 16.0 Å². The lowest BCUT2D eigenvalue weighted by atomic mass is 9.95. The second kappa shape index (κ2) is 3.80. The Bertz CT molecular complexity index is 574. The van der Waals surface area contributed by atoms with Crippen molar-refractivity contribution in [2.24, 2.45) is 5.92 Å². The van der Waals surface area contributed by atoms with Crippen molar-refractivity contribution in [1.29, 1.82) is 0 Å². The van der Waals surface area contributed by atoms with E-state index >= 15 is 0 Å². The molecule has 0 fully saturated rings. The predicted molar refractivity (Wildman–Crippen MR) is 66.0 cm³/mol. The van der Waals surface area contributed by atoms with Gasteiger partial charge in [0.15, 0.2) is 0 Å². The molecule has 1 unspecified atom stereocenters. The van der Waals surface area contributed by atoms with E-state index in [2.05, 4.69) is 16.4 Å². The lowest BCUT2D eigenvalue weighted by Gasteiger charge is -2.21. The Morgan fingerprint density at radius 3 is 3.06 bits per heavy atom. The van der Waals surface area contributed by atoms with E-state index in [1.807, 2.05) is 18.2 Å². The van der Waals surface area contributed by atoms with E-state index in [4.69, 9.17) is 4.74 Å². The van der Waals surface area contributed by atoms with Crippen molar-refractivity contribution < 1.29 is 9.53 Å². The molecular formula is C13H14N2O2. The fourth-order valence-corrected chi connectivity index (χ4v) is 2.44. The molecule has 1 aliphatic rings. The molecule has 1 aromatic carbocycles. The number of nitrogens with one attached hydrogen (secondary N) is 2. The maximum atomic E-state index is 11.6. The molecule has 3 rings (SSSR count). The normalized spacial score (nSPS) is 18.5. The summed E-state index contributed by atoms with van der Waals surface area (Å²) in [6.07, 6.45) is 0.735. The number of rotatable bonds is 1. The van der Waals surface area contributed by atoms with Crippen LogP contribution in [0.3, 0.4) is 0 Å². The van der Waals surface area contributed by atoms with Crippen LogP contribution >= 0.6 is 0 Å². The van der Waals surface area contributed by atoms with Crippen LogP contribution in [0.5, 0.6) is 0 Å². The monoisotopic (exact) mass is 230 g/mol. The Morgan fingerprint density at radius 2 is 2.24 bits per heavy atom. The maximum Gasteiger partial charge on any atom is 0.310 e. The molecule has 0 bridgehead atoms. The first kappa shape index (κ1) is 10.2. The van der Waals surface area contributed by atoms with Crippen LogP contribution in [0.15, 0.2) is 24.3 Å². The third-order valence-corrected chi connectivity index (χ3v) is 3.32. The lowest BCUT2D eigenvalue weighted by molar-refractivity contribution is -0.144. The third kappa shape index (κ3) is 1.56. The van der Waals surface area contributed by atoms with Crippen LogP contribution in [0, 0.1) is 5.92 Å². The first-order valence-corrected chi connectivity index (χ1v) is 5.71. The number of aromatic amines is 1. The summed E-state index contributed by atoms with van der Waals surface area (Å²) in [6.45, 7) is 0.631. The number of esters is 1. The standard InChI is InChI=1S/C13H14N2O2/c1-17-13(16)8-6-10-9-4-2-3-5-11(9)15-12(10)14-7-8/h2-5,8,14-15H,6-7H2,1H3. The van der Waals surface area contributed by atoms with Crippen LogP contribution in [0.2, 0.25) is 0 Å². The van der Waals surface area contributed by atoms with Gasteiger partial charge in [0.1, 0.15) is 5.82 Å². The van der Waals surface area contributed by atoms with E-state index in [1.54, 1.807) is 0 Å². The highest BCUT2D eigenvalue weighted by atomic mass is 16.5. The lowest BCUT2D eigenvalue weighted by Crippen LogP contribution is -2.30. The van der Waals surface area contributed by atoms with E-state index in [1.165, 1.54) is 18.1 Å². The second-order valence-corrected chi connectivity index (χ2v) is 4.33. The van der Waals surface area contributed by atoms with Crippen molar-refractivity contribution >= 4 is 22.7 Å². The van der Waals surface area contributed by atoms with Crippen molar-refractivity contribution in [3.05, 3.63) is 29.8 Å². The quantitative estimate of drug-likeness (QED) is 0.736. The predicted octanol–water partition coefficient (Wildman–Crippen LogP) is 1.93. The van der Waals surface area contributed by atoms with E-state index < -0.39 is 0 Å². The molecule has 1 aliphatic heterocycles. The molecule has 1 aromatic heterocycles. The molecule has 0 aliphatic carbocycles. The van der Waals surface area contributed by atoms with Crippen LogP contribution < -0.4 is 5.32 Å². The highest BCUT2D eigenvalue weighted by Crippen LogP contribution is 2.31. The summed E-state index contributed by atoms with van der Waals surface area (Å²) in [6, 6.07) is 8.13. The molecule has 0 radical (unpaired) electrons. The molecule has 2 heterocycles. The summed E-state index contributed by atoms with van der Waals surface area (Å²) in [5.74, 6) is 0.798. The van der Waals surface area contributed by atoms with Gasteiger partial charge in [-0.2, -0.15) is 0 Å². The highest BCUT2D eigenvalue weighted by Gasteiger charge is 2.27. The van der Waals surface area contributed by atoms with Gasteiger partial charge in [0.2, 0.25) is 0 Å². The van der Waals surface area contributed by atoms with E-state index in [9.17, 15) is 4.79 Å². The molecular weight excluding hydrogens is 216 g/mol. The number of anilines is 1. The van der Waals surface area contributed by atoms with Crippen molar-refractivity contribution in [2.75, 3.05) is 19.0 Å². The van der Waals surface area contributed by atoms with Crippen molar-refractivity contribution in [2.45, 2.75) is 6.42 Å². The summed E-state index contributed by atoms with van der Waals surface area (Å²) in [7, 11) is 1.44. The minimum Gasteiger partial charge on any atom is -0.469 e. The van der Waals surface area contributed by atoms with Gasteiger partial charge in [-0.15, -0.1) is 0 Å². The number of methoxy groups -OCH3 is 1. The Balaban J connectivity index is 2.03. The number of carbonyl (C=O) groups excluding carboxylic acids is 1. The van der Waals surface area contributed by atoms with Crippen molar-refractivity contribution in [3.63, 3.8) is 0 Å². The SMILES string of the molecule is COC(=O)C1CNc2[nH]c3ccccc3c2C1. The van der Waals surface area contributed by atoms with E-state index in [-0.39, 0.29) is 11.9 Å². The summed E-state index contributed by atoms with van der Waals surface area (Å²) in [4.78, 5) is 14.9. The number of benzene rings is 1. The topological polar surface area (TPSA) is 54.1 Å². The number of fused-ring (bicyclic) bond motifs is 3. The number of para-hydroxylation sites is 1. The molecule has 4 heteroatoms. The van der Waals surface area contributed by atoms with Crippen LogP contribution in [-0.4, -0.2) is 24.6 Å². The van der Waals surface area contributed by atoms with E-state index in [0.717, 1.165) is 17.8 Å². The molecule has 1 atom stereocenters. The Hall–Kier alpha value is -1.97. The molecule has 2 N–H and O–H groups in total. The van der Waals surface area contributed by atoms with Crippen LogP contribution in [0.1, 0.15) is 5.56 Å². The van der Waals surface area contributed by atoms with Crippen molar-refractivity contribution in [3.8, 4) is 0 Å². The van der Waals surface area contributed by atoms with Crippen molar-refractivity contribution in [1.82, 2.24) is 4.98 Å². The Labute approximate surface area is 99.0 Å². The van der Waals surface area contributed by atoms with Crippen LogP contribution in [0.4, 0.5) is 5.82 Å². The summed E-state index contributed by atoms with van der Waals surface area (Å²) < 4.78 is 4.80. The first-order valence-electron chi connectivity index (χ1n) is 5.71. The van der Waals surface area contributed by atoms with Gasteiger partial charge in [0.05, 0.1) is 13.0 Å². The number of ether oxygens (including phenoxy) is 1. The molecule has 4 nitrogen and oxygen atoms in total. The van der Waals surface area contributed by atoms with Gasteiger partial charge in [0, 0.05) is 23.0 Å². The minimum absolute atomic E-state index is 0.0910. The molecule has 0 saturated heterocycles. The average Bonchev–Trinajstić information content (AvgIpc) is 2.75. The summed E-state index contributed by atoms with van der Waals surface area (Å²) in [5.41, 5.74) is 2.29. The Morgan fingerprint density at radius 1 is 1.41 bits per heavy atom. The van der Waals surface area contributed by atoms with Gasteiger partial charge in [-0.1, -0.05) is 18.2 Å². The smallest absolute Gasteiger partial charge is 0.310 e. The highest BCUT2D eigenvalue weighted by molar-refractivity contribution is 5.90. The first-order chi connectivity index (χ1) is 8.29. The summed E-state index contributed by atoms with van der Waals surface area (Å²) in [5, 5.41) is 4.44. The molecule has 88 valence electrons. The zero-order valence-electron chi connectivity index (χ0n) is 9.62. The third-order valence-electron chi connectivity index (χ3n) is 3.32. The molecule has 0 spiro atoms. The fourth-order valence-electron chi connectivity index (χ4n) is 2.44. The number of H-pyrrole nitrogens is 1. The van der Waals surface area contributed by atoms with Gasteiger partial charge >= 0.3 is 5.97 Å². The summed E-state index contributed by atoms with van der Waals surface area (Å²) >= 11 is 0. The second-order valence-electron chi connectivity index (χ2n) is 4.33. The minimum atomic E-state index is -0.145. The molecule has 0 amide bonds. The maximum absolute atomic E-state index is 11.6. The van der Waals surface area contributed by atoms with E-state index in [0.29, 0.717) is 6.54 Å². The number of aromatic nitrogens is 1. The zero-order valence-corrected chi connectivity index (χ0v) is 9.62.